The lowest BCUT2D eigenvalue weighted by molar-refractivity contribution is 0.418. The van der Waals surface area contributed by atoms with Crippen molar-refractivity contribution in [3.63, 3.8) is 0 Å². The van der Waals surface area contributed by atoms with Gasteiger partial charge in [-0.1, -0.05) is 0 Å². The maximum absolute atomic E-state index is 14.5. The summed E-state index contributed by atoms with van der Waals surface area (Å²) in [6.45, 7) is 8.44. The summed E-state index contributed by atoms with van der Waals surface area (Å²) < 4.78 is 14.5. The third-order valence-electron chi connectivity index (χ3n) is 3.14. The second-order valence-electron chi connectivity index (χ2n) is 6.03. The van der Waals surface area contributed by atoms with Crippen molar-refractivity contribution >= 4 is 5.82 Å². The van der Waals surface area contributed by atoms with Gasteiger partial charge in [-0.2, -0.15) is 5.26 Å². The Morgan fingerprint density at radius 1 is 1.50 bits per heavy atom. The average molecular weight is 278 g/mol. The van der Waals surface area contributed by atoms with E-state index in [0.29, 0.717) is 24.3 Å². The van der Waals surface area contributed by atoms with Crippen LogP contribution in [0.2, 0.25) is 0 Å². The van der Waals surface area contributed by atoms with Crippen LogP contribution in [0, 0.1) is 17.1 Å². The minimum Gasteiger partial charge on any atom is -0.354 e. The number of aromatic nitrogens is 1. The zero-order valence-electron chi connectivity index (χ0n) is 12.9. The van der Waals surface area contributed by atoms with Crippen molar-refractivity contribution in [1.29, 1.82) is 5.26 Å². The summed E-state index contributed by atoms with van der Waals surface area (Å²) in [4.78, 5) is 5.81. The molecule has 0 saturated heterocycles. The molecule has 0 aliphatic carbocycles. The van der Waals surface area contributed by atoms with Crippen molar-refractivity contribution in [2.24, 2.45) is 0 Å². The van der Waals surface area contributed by atoms with E-state index in [1.165, 1.54) is 0 Å². The largest absolute Gasteiger partial charge is 0.354 e. The van der Waals surface area contributed by atoms with E-state index in [9.17, 15) is 4.39 Å². The number of halogens is 1. The van der Waals surface area contributed by atoms with E-state index in [4.69, 9.17) is 5.26 Å². The van der Waals surface area contributed by atoms with Crippen LogP contribution in [-0.4, -0.2) is 23.6 Å². The Bertz CT molecular complexity index is 488. The molecule has 0 aromatic carbocycles. The fourth-order valence-corrected chi connectivity index (χ4v) is 1.69. The van der Waals surface area contributed by atoms with Crippen LogP contribution in [-0.2, 0) is 6.54 Å². The molecular weight excluding hydrogens is 255 g/mol. The minimum absolute atomic E-state index is 0.0735. The first kappa shape index (κ1) is 16.4. The number of pyridine rings is 1. The molecule has 1 unspecified atom stereocenters. The topological polar surface area (TPSA) is 52.0 Å². The van der Waals surface area contributed by atoms with E-state index in [1.54, 1.807) is 24.2 Å². The summed E-state index contributed by atoms with van der Waals surface area (Å²) in [5.74, 6) is -0.0301. The van der Waals surface area contributed by atoms with Crippen molar-refractivity contribution in [2.75, 3.05) is 11.9 Å². The molecule has 110 valence electrons. The van der Waals surface area contributed by atoms with Crippen molar-refractivity contribution in [3.05, 3.63) is 23.6 Å². The molecule has 0 fully saturated rings. The lowest BCUT2D eigenvalue weighted by Crippen LogP contribution is -2.35. The molecule has 1 rings (SSSR count). The first-order chi connectivity index (χ1) is 9.26. The smallest absolute Gasteiger partial charge is 0.170 e. The fraction of sp³-hybridized carbons (Fsp3) is 0.600. The van der Waals surface area contributed by atoms with Crippen LogP contribution >= 0.6 is 0 Å². The number of hydrogen-bond donors (Lipinski definition) is 1. The molecule has 0 aliphatic rings. The molecule has 1 atom stereocenters. The van der Waals surface area contributed by atoms with E-state index in [2.05, 4.69) is 16.4 Å². The number of hydrogen-bond acceptors (Lipinski definition) is 4. The first-order valence-corrected chi connectivity index (χ1v) is 6.74. The predicted octanol–water partition coefficient (Wildman–Crippen LogP) is 2.85. The Balaban J connectivity index is 2.92. The van der Waals surface area contributed by atoms with Crippen molar-refractivity contribution in [1.82, 2.24) is 10.3 Å². The first-order valence-electron chi connectivity index (χ1n) is 6.74. The number of nitrogens with zero attached hydrogens (tertiary/aromatic N) is 3. The normalized spacial score (nSPS) is 12.8. The number of nitrogens with one attached hydrogen (secondary N) is 1. The summed E-state index contributed by atoms with van der Waals surface area (Å²) in [7, 11) is 1.76. The van der Waals surface area contributed by atoms with E-state index >= 15 is 0 Å². The SMILES string of the molecule is CC(CC#N)N(C)c1nccc(CNC(C)(C)C)c1F. The standard InChI is InChI=1S/C15H23FN4/c1-11(6-8-17)20(5)14-13(16)12(7-9-18-14)10-19-15(2,3)4/h7,9,11,19H,6,10H2,1-5H3. The number of nitriles is 1. The molecule has 0 saturated carbocycles. The Hall–Kier alpha value is -1.67. The molecule has 0 bridgehead atoms. The zero-order valence-corrected chi connectivity index (χ0v) is 12.9. The monoisotopic (exact) mass is 278 g/mol. The van der Waals surface area contributed by atoms with Crippen molar-refractivity contribution in [2.45, 2.75) is 52.2 Å². The highest BCUT2D eigenvalue weighted by Crippen LogP contribution is 2.21. The third kappa shape index (κ3) is 4.46. The van der Waals surface area contributed by atoms with Crippen molar-refractivity contribution in [3.8, 4) is 6.07 Å². The highest BCUT2D eigenvalue weighted by molar-refractivity contribution is 5.43. The second kappa shape index (κ2) is 6.67. The van der Waals surface area contributed by atoms with Crippen LogP contribution in [0.5, 0.6) is 0 Å². The summed E-state index contributed by atoms with van der Waals surface area (Å²) >= 11 is 0. The molecule has 1 heterocycles. The van der Waals surface area contributed by atoms with Gasteiger partial charge in [0.1, 0.15) is 0 Å². The van der Waals surface area contributed by atoms with E-state index in [-0.39, 0.29) is 17.4 Å². The Morgan fingerprint density at radius 2 is 2.15 bits per heavy atom. The molecule has 0 radical (unpaired) electrons. The molecule has 1 N–H and O–H groups in total. The third-order valence-corrected chi connectivity index (χ3v) is 3.14. The zero-order chi connectivity index (χ0) is 15.3. The molecule has 0 spiro atoms. The van der Waals surface area contributed by atoms with Crippen LogP contribution in [0.4, 0.5) is 10.2 Å². The maximum atomic E-state index is 14.5. The quantitative estimate of drug-likeness (QED) is 0.900. The molecule has 4 nitrogen and oxygen atoms in total. The van der Waals surface area contributed by atoms with Gasteiger partial charge in [-0.15, -0.1) is 0 Å². The van der Waals surface area contributed by atoms with Gasteiger partial charge < -0.3 is 10.2 Å². The van der Waals surface area contributed by atoms with Crippen LogP contribution in [0.15, 0.2) is 12.3 Å². The molecule has 0 aliphatic heterocycles. The molecule has 1 aromatic heterocycles. The van der Waals surface area contributed by atoms with E-state index in [0.717, 1.165) is 0 Å². The predicted molar refractivity (Wildman–Crippen MR) is 78.9 cm³/mol. The molecule has 0 amide bonds. The average Bonchev–Trinajstić information content (AvgIpc) is 2.36. The molecule has 1 aromatic rings. The van der Waals surface area contributed by atoms with Crippen LogP contribution in [0.3, 0.4) is 0 Å². The lowest BCUT2D eigenvalue weighted by Gasteiger charge is -2.26. The van der Waals surface area contributed by atoms with Gasteiger partial charge in [0.2, 0.25) is 0 Å². The van der Waals surface area contributed by atoms with Gasteiger partial charge in [0.05, 0.1) is 12.5 Å². The van der Waals surface area contributed by atoms with Gasteiger partial charge >= 0.3 is 0 Å². The summed E-state index contributed by atoms with van der Waals surface area (Å²) in [5, 5.41) is 12.0. The Labute approximate surface area is 120 Å². The van der Waals surface area contributed by atoms with Gasteiger partial charge in [-0.05, 0) is 33.8 Å². The second-order valence-corrected chi connectivity index (χ2v) is 6.03. The van der Waals surface area contributed by atoms with Crippen LogP contribution in [0.25, 0.3) is 0 Å². The van der Waals surface area contributed by atoms with Gasteiger partial charge in [-0.3, -0.25) is 0 Å². The van der Waals surface area contributed by atoms with Crippen molar-refractivity contribution < 1.29 is 4.39 Å². The fourth-order valence-electron chi connectivity index (χ4n) is 1.69. The molecular formula is C15H23FN4. The number of rotatable bonds is 5. The van der Waals surface area contributed by atoms with E-state index in [1.807, 2.05) is 27.7 Å². The van der Waals surface area contributed by atoms with E-state index < -0.39 is 0 Å². The summed E-state index contributed by atoms with van der Waals surface area (Å²) in [5.41, 5.74) is 0.511. The lowest BCUT2D eigenvalue weighted by atomic mass is 10.1. The van der Waals surface area contributed by atoms with Gasteiger partial charge in [0, 0.05) is 36.9 Å². The van der Waals surface area contributed by atoms with Gasteiger partial charge in [0.25, 0.3) is 0 Å². The van der Waals surface area contributed by atoms with Crippen LogP contribution in [0.1, 0.15) is 39.7 Å². The van der Waals surface area contributed by atoms with Gasteiger partial charge in [-0.25, -0.2) is 9.37 Å². The van der Waals surface area contributed by atoms with Crippen LogP contribution < -0.4 is 10.2 Å². The Kier molecular flexibility index (Phi) is 5.46. The molecule has 20 heavy (non-hydrogen) atoms. The maximum Gasteiger partial charge on any atom is 0.170 e. The minimum atomic E-state index is -0.323. The number of anilines is 1. The summed E-state index contributed by atoms with van der Waals surface area (Å²) in [6.07, 6.45) is 1.94. The Morgan fingerprint density at radius 3 is 2.70 bits per heavy atom. The van der Waals surface area contributed by atoms with Gasteiger partial charge in [0.15, 0.2) is 11.6 Å². The summed E-state index contributed by atoms with van der Waals surface area (Å²) in [6, 6.07) is 3.70. The highest BCUT2D eigenvalue weighted by Gasteiger charge is 2.18. The highest BCUT2D eigenvalue weighted by atomic mass is 19.1. The molecule has 5 heteroatoms.